The van der Waals surface area contributed by atoms with Crippen LogP contribution in [-0.4, -0.2) is 15.1 Å². The van der Waals surface area contributed by atoms with Crippen LogP contribution in [0.15, 0.2) is 94.5 Å². The molecule has 150 valence electrons. The molecule has 0 radical (unpaired) electrons. The maximum atomic E-state index is 13.1. The molecule has 6 heteroatoms. The normalized spacial score (nSPS) is 10.8. The molecule has 0 atom stereocenters. The van der Waals surface area contributed by atoms with Crippen LogP contribution < -0.4 is 11.2 Å². The van der Waals surface area contributed by atoms with E-state index in [0.29, 0.717) is 10.9 Å². The Balaban J connectivity index is 1.69. The van der Waals surface area contributed by atoms with Crippen molar-refractivity contribution in [2.24, 2.45) is 0 Å². The van der Waals surface area contributed by atoms with Crippen molar-refractivity contribution >= 4 is 16.9 Å². The molecule has 0 amide bonds. The quantitative estimate of drug-likeness (QED) is 0.467. The standard InChI is InChI=1S/C24H20N2O4/c27-22(30-17-19-11-5-2-6-12-19)16-25-21-14-8-7-13-20(21)23(28)26(24(25)29)15-18-9-3-1-4-10-18/h1-14H,15-17H2. The number of fused-ring (bicyclic) bond motifs is 1. The van der Waals surface area contributed by atoms with Crippen LogP contribution in [0.2, 0.25) is 0 Å². The first-order valence-electron chi connectivity index (χ1n) is 9.59. The lowest BCUT2D eigenvalue weighted by atomic mass is 10.2. The Labute approximate surface area is 172 Å². The molecular weight excluding hydrogens is 380 g/mol. The van der Waals surface area contributed by atoms with E-state index in [1.165, 1.54) is 4.57 Å². The zero-order valence-electron chi connectivity index (χ0n) is 16.2. The molecule has 0 spiro atoms. The van der Waals surface area contributed by atoms with Gasteiger partial charge in [0.25, 0.3) is 5.56 Å². The van der Waals surface area contributed by atoms with Gasteiger partial charge in [0.1, 0.15) is 13.2 Å². The summed E-state index contributed by atoms with van der Waals surface area (Å²) in [5.41, 5.74) is 1.17. The van der Waals surface area contributed by atoms with Gasteiger partial charge >= 0.3 is 11.7 Å². The monoisotopic (exact) mass is 400 g/mol. The summed E-state index contributed by atoms with van der Waals surface area (Å²) in [6.45, 7) is -0.0281. The maximum Gasteiger partial charge on any atom is 0.332 e. The van der Waals surface area contributed by atoms with E-state index in [1.54, 1.807) is 24.3 Å². The number of nitrogens with zero attached hydrogens (tertiary/aromatic N) is 2. The van der Waals surface area contributed by atoms with E-state index in [1.807, 2.05) is 60.7 Å². The molecule has 1 aromatic heterocycles. The minimum absolute atomic E-state index is 0.121. The number of hydrogen-bond donors (Lipinski definition) is 0. The van der Waals surface area contributed by atoms with E-state index in [-0.39, 0.29) is 25.3 Å². The minimum atomic E-state index is -0.545. The second-order valence-corrected chi connectivity index (χ2v) is 6.91. The van der Waals surface area contributed by atoms with Gasteiger partial charge in [-0.15, -0.1) is 0 Å². The summed E-state index contributed by atoms with van der Waals surface area (Å²) in [7, 11) is 0. The molecule has 3 aromatic carbocycles. The van der Waals surface area contributed by atoms with Crippen molar-refractivity contribution in [1.29, 1.82) is 0 Å². The summed E-state index contributed by atoms with van der Waals surface area (Å²) in [6, 6.07) is 25.4. The summed E-state index contributed by atoms with van der Waals surface area (Å²) in [6.07, 6.45) is 0. The first-order chi connectivity index (χ1) is 14.6. The van der Waals surface area contributed by atoms with E-state index in [9.17, 15) is 14.4 Å². The van der Waals surface area contributed by atoms with Crippen LogP contribution in [-0.2, 0) is 29.2 Å². The van der Waals surface area contributed by atoms with Gasteiger partial charge in [-0.2, -0.15) is 0 Å². The second kappa shape index (κ2) is 8.61. The van der Waals surface area contributed by atoms with Gasteiger partial charge in [0, 0.05) is 0 Å². The highest BCUT2D eigenvalue weighted by Crippen LogP contribution is 2.09. The molecule has 1 heterocycles. The van der Waals surface area contributed by atoms with Gasteiger partial charge in [0.2, 0.25) is 0 Å². The van der Waals surface area contributed by atoms with E-state index >= 15 is 0 Å². The highest BCUT2D eigenvalue weighted by Gasteiger charge is 2.16. The van der Waals surface area contributed by atoms with Gasteiger partial charge in [-0.25, -0.2) is 4.79 Å². The van der Waals surface area contributed by atoms with Gasteiger partial charge in [0.05, 0.1) is 17.4 Å². The van der Waals surface area contributed by atoms with Crippen LogP contribution in [0.5, 0.6) is 0 Å². The van der Waals surface area contributed by atoms with Crippen LogP contribution in [0, 0.1) is 0 Å². The topological polar surface area (TPSA) is 70.3 Å². The van der Waals surface area contributed by atoms with Crippen LogP contribution in [0.3, 0.4) is 0 Å². The number of esters is 1. The molecule has 4 aromatic rings. The zero-order chi connectivity index (χ0) is 20.9. The Morgan fingerprint density at radius 2 is 1.33 bits per heavy atom. The average molecular weight is 400 g/mol. The maximum absolute atomic E-state index is 13.1. The molecule has 0 saturated carbocycles. The van der Waals surface area contributed by atoms with E-state index < -0.39 is 11.7 Å². The molecule has 0 N–H and O–H groups in total. The highest BCUT2D eigenvalue weighted by atomic mass is 16.5. The lowest BCUT2D eigenvalue weighted by molar-refractivity contribution is -0.145. The van der Waals surface area contributed by atoms with Crippen molar-refractivity contribution in [3.05, 3.63) is 117 Å². The van der Waals surface area contributed by atoms with Crippen molar-refractivity contribution in [2.75, 3.05) is 0 Å². The molecule has 0 fully saturated rings. The first kappa shape index (κ1) is 19.4. The average Bonchev–Trinajstić information content (AvgIpc) is 2.79. The van der Waals surface area contributed by atoms with Gasteiger partial charge in [-0.05, 0) is 23.3 Å². The molecule has 6 nitrogen and oxygen atoms in total. The Morgan fingerprint density at radius 3 is 2.03 bits per heavy atom. The Morgan fingerprint density at radius 1 is 0.733 bits per heavy atom. The summed E-state index contributed by atoms with van der Waals surface area (Å²) < 4.78 is 7.79. The predicted molar refractivity (Wildman–Crippen MR) is 114 cm³/mol. The smallest absolute Gasteiger partial charge is 0.332 e. The van der Waals surface area contributed by atoms with Crippen LogP contribution in [0.25, 0.3) is 10.9 Å². The lowest BCUT2D eigenvalue weighted by Gasteiger charge is -2.14. The highest BCUT2D eigenvalue weighted by molar-refractivity contribution is 5.80. The zero-order valence-corrected chi connectivity index (χ0v) is 16.2. The van der Waals surface area contributed by atoms with Crippen molar-refractivity contribution < 1.29 is 9.53 Å². The number of ether oxygens (including phenoxy) is 1. The summed E-state index contributed by atoms with van der Waals surface area (Å²) >= 11 is 0. The Bertz CT molecular complexity index is 1290. The number of carbonyl (C=O) groups is 1. The van der Waals surface area contributed by atoms with Crippen LogP contribution >= 0.6 is 0 Å². The largest absolute Gasteiger partial charge is 0.459 e. The molecule has 0 aliphatic heterocycles. The third-order valence-corrected chi connectivity index (χ3v) is 4.85. The SMILES string of the molecule is O=C(Cn1c(=O)n(Cc2ccccc2)c(=O)c2ccccc21)OCc1ccccc1. The van der Waals surface area contributed by atoms with Gasteiger partial charge < -0.3 is 4.74 Å². The number of hydrogen-bond acceptors (Lipinski definition) is 4. The molecule has 0 bridgehead atoms. The second-order valence-electron chi connectivity index (χ2n) is 6.91. The van der Waals surface area contributed by atoms with Crippen molar-refractivity contribution in [3.63, 3.8) is 0 Å². The number of rotatable bonds is 6. The van der Waals surface area contributed by atoms with Crippen molar-refractivity contribution in [3.8, 4) is 0 Å². The fraction of sp³-hybridized carbons (Fsp3) is 0.125. The van der Waals surface area contributed by atoms with E-state index in [2.05, 4.69) is 0 Å². The molecule has 30 heavy (non-hydrogen) atoms. The van der Waals surface area contributed by atoms with Gasteiger partial charge in [0.15, 0.2) is 0 Å². The van der Waals surface area contributed by atoms with Gasteiger partial charge in [-0.1, -0.05) is 72.8 Å². The fourth-order valence-corrected chi connectivity index (χ4v) is 3.34. The van der Waals surface area contributed by atoms with E-state index in [0.717, 1.165) is 15.7 Å². The molecule has 0 unspecified atom stereocenters. The summed E-state index contributed by atoms with van der Waals surface area (Å²) in [4.78, 5) is 38.5. The molecule has 0 aliphatic rings. The summed E-state index contributed by atoms with van der Waals surface area (Å²) in [5, 5.41) is 0.379. The third-order valence-electron chi connectivity index (χ3n) is 4.85. The molecule has 4 rings (SSSR count). The van der Waals surface area contributed by atoms with E-state index in [4.69, 9.17) is 4.74 Å². The van der Waals surface area contributed by atoms with Crippen molar-refractivity contribution in [1.82, 2.24) is 9.13 Å². The van der Waals surface area contributed by atoms with Crippen LogP contribution in [0.1, 0.15) is 11.1 Å². The molecule has 0 aliphatic carbocycles. The predicted octanol–water partition coefficient (Wildman–Crippen LogP) is 2.95. The number of aromatic nitrogens is 2. The molecular formula is C24H20N2O4. The number of para-hydroxylation sites is 1. The fourth-order valence-electron chi connectivity index (χ4n) is 3.34. The molecule has 0 saturated heterocycles. The number of carbonyl (C=O) groups excluding carboxylic acids is 1. The Kier molecular flexibility index (Phi) is 5.57. The van der Waals surface area contributed by atoms with Crippen molar-refractivity contribution in [2.45, 2.75) is 19.7 Å². The van der Waals surface area contributed by atoms with Gasteiger partial charge in [-0.3, -0.25) is 18.7 Å². The third kappa shape index (κ3) is 4.07. The minimum Gasteiger partial charge on any atom is -0.459 e. The summed E-state index contributed by atoms with van der Waals surface area (Å²) in [5.74, 6) is -0.545. The lowest BCUT2D eigenvalue weighted by Crippen LogP contribution is -2.41. The first-order valence-corrected chi connectivity index (χ1v) is 9.59. The number of benzene rings is 3. The Hall–Kier alpha value is -3.93. The van der Waals surface area contributed by atoms with Crippen LogP contribution in [0.4, 0.5) is 0 Å².